The normalized spacial score (nSPS) is 29.8. The Morgan fingerprint density at radius 2 is 2.06 bits per heavy atom. The van der Waals surface area contributed by atoms with Crippen LogP contribution in [0.2, 0.25) is 0 Å². The Balaban J connectivity index is 1.92. The van der Waals surface area contributed by atoms with E-state index in [1.54, 1.807) is 0 Å². The summed E-state index contributed by atoms with van der Waals surface area (Å²) >= 11 is 0. The van der Waals surface area contributed by atoms with Crippen LogP contribution in [0.3, 0.4) is 0 Å². The van der Waals surface area contributed by atoms with Crippen molar-refractivity contribution in [3.05, 3.63) is 23.8 Å². The van der Waals surface area contributed by atoms with Crippen LogP contribution >= 0.6 is 0 Å². The van der Waals surface area contributed by atoms with Crippen molar-refractivity contribution < 1.29 is 19.4 Å². The van der Waals surface area contributed by atoms with Crippen LogP contribution in [0.4, 0.5) is 0 Å². The summed E-state index contributed by atoms with van der Waals surface area (Å²) in [6.07, 6.45) is 0.696. The second kappa shape index (κ2) is 3.39. The van der Waals surface area contributed by atoms with E-state index in [0.717, 1.165) is 17.1 Å². The third kappa shape index (κ3) is 1.55. The van der Waals surface area contributed by atoms with Crippen molar-refractivity contribution in [1.29, 1.82) is 0 Å². The summed E-state index contributed by atoms with van der Waals surface area (Å²) in [5.41, 5.74) is 0.774. The molecule has 90 valence electrons. The van der Waals surface area contributed by atoms with Crippen molar-refractivity contribution in [2.45, 2.75) is 18.8 Å². The summed E-state index contributed by atoms with van der Waals surface area (Å²) < 4.78 is 11.0. The average molecular weight is 234 g/mol. The van der Waals surface area contributed by atoms with Gasteiger partial charge in [-0.15, -0.1) is 0 Å². The van der Waals surface area contributed by atoms with Gasteiger partial charge in [0.25, 0.3) is 0 Å². The first-order chi connectivity index (χ1) is 8.11. The van der Waals surface area contributed by atoms with E-state index in [9.17, 15) is 4.79 Å². The Kier molecular flexibility index (Phi) is 2.08. The van der Waals surface area contributed by atoms with Gasteiger partial charge in [-0.1, -0.05) is 13.0 Å². The van der Waals surface area contributed by atoms with Gasteiger partial charge in [0.2, 0.25) is 0 Å². The number of rotatable bonds is 2. The maximum atomic E-state index is 11.0. The smallest absolute Gasteiger partial charge is 0.307 e. The number of hydrogen-bond acceptors (Lipinski definition) is 3. The van der Waals surface area contributed by atoms with Gasteiger partial charge in [-0.25, -0.2) is 0 Å². The molecule has 1 aliphatic carbocycles. The summed E-state index contributed by atoms with van der Waals surface area (Å²) in [4.78, 5) is 11.0. The molecule has 1 aliphatic heterocycles. The molecule has 1 saturated carbocycles. The molecule has 17 heavy (non-hydrogen) atoms. The molecule has 2 aliphatic rings. The van der Waals surface area contributed by atoms with Crippen molar-refractivity contribution in [1.82, 2.24) is 0 Å². The SMILES string of the molecule is CC1(c2ccc3c(c2)OCCO3)CC1C(=O)O. The lowest BCUT2D eigenvalue weighted by Crippen LogP contribution is -2.17. The van der Waals surface area contributed by atoms with Gasteiger partial charge in [-0.3, -0.25) is 4.79 Å². The van der Waals surface area contributed by atoms with E-state index < -0.39 is 5.97 Å². The first-order valence-electron chi connectivity index (χ1n) is 5.74. The highest BCUT2D eigenvalue weighted by molar-refractivity contribution is 5.77. The molecular formula is C13H14O4. The molecule has 2 atom stereocenters. The van der Waals surface area contributed by atoms with Crippen LogP contribution in [0.15, 0.2) is 18.2 Å². The molecule has 1 aromatic carbocycles. The highest BCUT2D eigenvalue weighted by Gasteiger charge is 2.56. The zero-order valence-electron chi connectivity index (χ0n) is 9.60. The van der Waals surface area contributed by atoms with E-state index >= 15 is 0 Å². The summed E-state index contributed by atoms with van der Waals surface area (Å²) in [6.45, 7) is 3.11. The fraction of sp³-hybridized carbons (Fsp3) is 0.462. The molecule has 4 nitrogen and oxygen atoms in total. The second-order valence-corrected chi connectivity index (χ2v) is 4.87. The molecule has 1 heterocycles. The standard InChI is InChI=1S/C13H14O4/c1-13(7-9(13)12(14)15)8-2-3-10-11(6-8)17-5-4-16-10/h2-3,6,9H,4-5,7H2,1H3,(H,14,15). The number of benzene rings is 1. The molecule has 2 unspecified atom stereocenters. The number of carbonyl (C=O) groups is 1. The quantitative estimate of drug-likeness (QED) is 0.848. The first kappa shape index (κ1) is 10.4. The maximum absolute atomic E-state index is 11.0. The number of carboxylic acids is 1. The predicted octanol–water partition coefficient (Wildman–Crippen LogP) is 1.82. The lowest BCUT2D eigenvalue weighted by atomic mass is 9.95. The van der Waals surface area contributed by atoms with Crippen LogP contribution in [-0.2, 0) is 10.2 Å². The van der Waals surface area contributed by atoms with E-state index in [-0.39, 0.29) is 11.3 Å². The van der Waals surface area contributed by atoms with Gasteiger partial charge in [0, 0.05) is 5.41 Å². The average Bonchev–Trinajstić information content (AvgIpc) is 3.03. The van der Waals surface area contributed by atoms with Crippen LogP contribution in [-0.4, -0.2) is 24.3 Å². The predicted molar refractivity (Wildman–Crippen MR) is 60.5 cm³/mol. The van der Waals surface area contributed by atoms with Gasteiger partial charge in [-0.05, 0) is 24.1 Å². The van der Waals surface area contributed by atoms with Gasteiger partial charge in [0.15, 0.2) is 11.5 Å². The van der Waals surface area contributed by atoms with Crippen LogP contribution in [0.5, 0.6) is 11.5 Å². The molecule has 0 saturated heterocycles. The zero-order valence-corrected chi connectivity index (χ0v) is 9.60. The third-order valence-electron chi connectivity index (χ3n) is 3.74. The molecule has 3 rings (SSSR count). The number of aliphatic carboxylic acids is 1. The first-order valence-corrected chi connectivity index (χ1v) is 5.74. The lowest BCUT2D eigenvalue weighted by molar-refractivity contribution is -0.138. The monoisotopic (exact) mass is 234 g/mol. The molecule has 0 spiro atoms. The summed E-state index contributed by atoms with van der Waals surface area (Å²) in [5.74, 6) is 0.481. The third-order valence-corrected chi connectivity index (χ3v) is 3.74. The van der Waals surface area contributed by atoms with E-state index in [0.29, 0.717) is 19.6 Å². The zero-order chi connectivity index (χ0) is 12.0. The van der Waals surface area contributed by atoms with Gasteiger partial charge < -0.3 is 14.6 Å². The highest BCUT2D eigenvalue weighted by atomic mass is 16.6. The molecular weight excluding hydrogens is 220 g/mol. The topological polar surface area (TPSA) is 55.8 Å². The number of hydrogen-bond donors (Lipinski definition) is 1. The Morgan fingerprint density at radius 3 is 2.71 bits per heavy atom. The summed E-state index contributed by atoms with van der Waals surface area (Å²) in [6, 6.07) is 5.72. The number of carboxylic acid groups (broad SMARTS) is 1. The molecule has 1 N–H and O–H groups in total. The molecule has 0 bridgehead atoms. The highest BCUT2D eigenvalue weighted by Crippen LogP contribution is 2.55. The lowest BCUT2D eigenvalue weighted by Gasteiger charge is -2.20. The second-order valence-electron chi connectivity index (χ2n) is 4.87. The van der Waals surface area contributed by atoms with E-state index in [2.05, 4.69) is 0 Å². The van der Waals surface area contributed by atoms with Crippen molar-refractivity contribution in [2.75, 3.05) is 13.2 Å². The molecule has 0 radical (unpaired) electrons. The fourth-order valence-corrected chi connectivity index (χ4v) is 2.44. The molecule has 4 heteroatoms. The van der Waals surface area contributed by atoms with Crippen LogP contribution < -0.4 is 9.47 Å². The number of fused-ring (bicyclic) bond motifs is 1. The Morgan fingerprint density at radius 1 is 1.35 bits per heavy atom. The Labute approximate surface area is 99.2 Å². The molecule has 0 amide bonds. The van der Waals surface area contributed by atoms with Crippen LogP contribution in [0.1, 0.15) is 18.9 Å². The van der Waals surface area contributed by atoms with Crippen molar-refractivity contribution in [3.63, 3.8) is 0 Å². The van der Waals surface area contributed by atoms with Gasteiger partial charge in [0.1, 0.15) is 13.2 Å². The van der Waals surface area contributed by atoms with E-state index in [1.165, 1.54) is 0 Å². The summed E-state index contributed by atoms with van der Waals surface area (Å²) in [5, 5.41) is 9.03. The van der Waals surface area contributed by atoms with E-state index in [1.807, 2.05) is 25.1 Å². The van der Waals surface area contributed by atoms with Crippen molar-refractivity contribution >= 4 is 5.97 Å². The van der Waals surface area contributed by atoms with Crippen LogP contribution in [0, 0.1) is 5.92 Å². The Bertz CT molecular complexity index is 482. The van der Waals surface area contributed by atoms with Crippen molar-refractivity contribution in [3.8, 4) is 11.5 Å². The van der Waals surface area contributed by atoms with Gasteiger partial charge in [0.05, 0.1) is 5.92 Å². The Hall–Kier alpha value is -1.71. The number of ether oxygens (including phenoxy) is 2. The minimum Gasteiger partial charge on any atom is -0.486 e. The van der Waals surface area contributed by atoms with E-state index in [4.69, 9.17) is 14.6 Å². The summed E-state index contributed by atoms with van der Waals surface area (Å²) in [7, 11) is 0. The minimum atomic E-state index is -0.720. The fourth-order valence-electron chi connectivity index (χ4n) is 2.44. The molecule has 1 fully saturated rings. The van der Waals surface area contributed by atoms with Crippen molar-refractivity contribution in [2.24, 2.45) is 5.92 Å². The molecule has 1 aromatic rings. The maximum Gasteiger partial charge on any atom is 0.307 e. The van der Waals surface area contributed by atoms with Gasteiger partial charge in [-0.2, -0.15) is 0 Å². The van der Waals surface area contributed by atoms with Crippen LogP contribution in [0.25, 0.3) is 0 Å². The largest absolute Gasteiger partial charge is 0.486 e. The van der Waals surface area contributed by atoms with Gasteiger partial charge >= 0.3 is 5.97 Å². The minimum absolute atomic E-state index is 0.248. The molecule has 0 aromatic heterocycles.